The summed E-state index contributed by atoms with van der Waals surface area (Å²) in [6.07, 6.45) is 1.38. The van der Waals surface area contributed by atoms with Crippen LogP contribution in [0.2, 0.25) is 0 Å². The molecule has 0 aliphatic rings. The van der Waals surface area contributed by atoms with Crippen LogP contribution in [-0.4, -0.2) is 22.6 Å². The number of rotatable bonds is 4. The Hall–Kier alpha value is -2.70. The van der Waals surface area contributed by atoms with Crippen molar-refractivity contribution in [3.8, 4) is 11.5 Å². The molecule has 0 spiro atoms. The number of nitrogens with one attached hydrogen (secondary N) is 1. The Morgan fingerprint density at radius 1 is 1.35 bits per heavy atom. The van der Waals surface area contributed by atoms with E-state index in [0.29, 0.717) is 6.07 Å². The summed E-state index contributed by atoms with van der Waals surface area (Å²) in [7, 11) is 0. The first-order valence-corrected chi connectivity index (χ1v) is 5.58. The van der Waals surface area contributed by atoms with E-state index >= 15 is 0 Å². The first-order valence-electron chi connectivity index (χ1n) is 5.58. The maximum absolute atomic E-state index is 13.2. The number of aromatic hydroxyl groups is 1. The number of amides is 1. The van der Waals surface area contributed by atoms with Crippen molar-refractivity contribution in [2.45, 2.75) is 0 Å². The first kappa shape index (κ1) is 13.7. The van der Waals surface area contributed by atoms with Crippen molar-refractivity contribution in [2.75, 3.05) is 11.9 Å². The van der Waals surface area contributed by atoms with Crippen molar-refractivity contribution in [1.82, 2.24) is 4.98 Å². The molecule has 0 atom stereocenters. The number of pyridine rings is 1. The van der Waals surface area contributed by atoms with Crippen molar-refractivity contribution in [3.63, 3.8) is 0 Å². The summed E-state index contributed by atoms with van der Waals surface area (Å²) >= 11 is 0. The molecule has 1 amide bonds. The minimum atomic E-state index is -0.904. The van der Waals surface area contributed by atoms with E-state index in [1.54, 1.807) is 0 Å². The molecule has 2 aromatic rings. The molecule has 0 bridgehead atoms. The smallest absolute Gasteiger partial charge is 0.263 e. The molecule has 5 nitrogen and oxygen atoms in total. The van der Waals surface area contributed by atoms with Gasteiger partial charge in [0.05, 0.1) is 0 Å². The number of hydrogen-bond donors (Lipinski definition) is 2. The number of anilines is 1. The fourth-order valence-electron chi connectivity index (χ4n) is 1.40. The first-order chi connectivity index (χ1) is 9.56. The Morgan fingerprint density at radius 2 is 2.15 bits per heavy atom. The second-order valence-electron chi connectivity index (χ2n) is 3.78. The summed E-state index contributed by atoms with van der Waals surface area (Å²) < 4.78 is 30.8. The lowest BCUT2D eigenvalue weighted by Crippen LogP contribution is -2.21. The highest BCUT2D eigenvalue weighted by Crippen LogP contribution is 2.19. The zero-order chi connectivity index (χ0) is 14.5. The number of benzene rings is 1. The molecule has 0 fully saturated rings. The Bertz CT molecular complexity index is 635. The molecule has 20 heavy (non-hydrogen) atoms. The van der Waals surface area contributed by atoms with Crippen LogP contribution in [-0.2, 0) is 4.79 Å². The molecule has 104 valence electrons. The molecule has 0 unspecified atom stereocenters. The minimum absolute atomic E-state index is 0.0271. The van der Waals surface area contributed by atoms with E-state index in [2.05, 4.69) is 10.3 Å². The predicted octanol–water partition coefficient (Wildman–Crippen LogP) is 2.08. The average Bonchev–Trinajstić information content (AvgIpc) is 2.40. The van der Waals surface area contributed by atoms with Gasteiger partial charge in [0.15, 0.2) is 29.7 Å². The van der Waals surface area contributed by atoms with Crippen molar-refractivity contribution in [2.24, 2.45) is 0 Å². The van der Waals surface area contributed by atoms with Crippen molar-refractivity contribution in [3.05, 3.63) is 48.2 Å². The van der Waals surface area contributed by atoms with Gasteiger partial charge in [0.2, 0.25) is 0 Å². The molecule has 2 rings (SSSR count). The third kappa shape index (κ3) is 3.41. The summed E-state index contributed by atoms with van der Waals surface area (Å²) in [5.74, 6) is -2.75. The summed E-state index contributed by atoms with van der Waals surface area (Å²) in [4.78, 5) is 15.3. The highest BCUT2D eigenvalue weighted by molar-refractivity contribution is 5.92. The molecule has 1 aromatic carbocycles. The number of aromatic nitrogens is 1. The maximum Gasteiger partial charge on any atom is 0.263 e. The number of nitrogens with zero attached hydrogens (tertiary/aromatic N) is 1. The molecule has 0 saturated carbocycles. The summed E-state index contributed by atoms with van der Waals surface area (Å²) in [6, 6.07) is 5.59. The topological polar surface area (TPSA) is 71.5 Å². The Labute approximate surface area is 112 Å². The second-order valence-corrected chi connectivity index (χ2v) is 3.78. The van der Waals surface area contributed by atoms with E-state index in [9.17, 15) is 18.7 Å². The van der Waals surface area contributed by atoms with Crippen LogP contribution in [0.25, 0.3) is 0 Å². The molecule has 7 heteroatoms. The van der Waals surface area contributed by atoms with Gasteiger partial charge in [-0.3, -0.25) is 4.79 Å². The van der Waals surface area contributed by atoms with Gasteiger partial charge in [-0.2, -0.15) is 0 Å². The van der Waals surface area contributed by atoms with E-state index in [1.165, 1.54) is 18.3 Å². The lowest BCUT2D eigenvalue weighted by molar-refractivity contribution is -0.118. The van der Waals surface area contributed by atoms with Gasteiger partial charge in [-0.15, -0.1) is 0 Å². The van der Waals surface area contributed by atoms with Crippen LogP contribution in [0.1, 0.15) is 0 Å². The van der Waals surface area contributed by atoms with Crippen LogP contribution in [0, 0.1) is 11.6 Å². The number of halogens is 2. The van der Waals surface area contributed by atoms with Gasteiger partial charge in [0.25, 0.3) is 5.91 Å². The fourth-order valence-corrected chi connectivity index (χ4v) is 1.40. The van der Waals surface area contributed by atoms with E-state index in [1.807, 2.05) is 0 Å². The molecule has 1 aromatic heterocycles. The Kier molecular flexibility index (Phi) is 4.09. The molecule has 0 radical (unpaired) electrons. The molecule has 0 saturated heterocycles. The Balaban J connectivity index is 1.94. The largest absolute Gasteiger partial charge is 0.504 e. The van der Waals surface area contributed by atoms with Crippen LogP contribution < -0.4 is 10.1 Å². The minimum Gasteiger partial charge on any atom is -0.504 e. The van der Waals surface area contributed by atoms with Gasteiger partial charge in [0, 0.05) is 12.3 Å². The maximum atomic E-state index is 13.2. The van der Waals surface area contributed by atoms with E-state index in [4.69, 9.17) is 4.74 Å². The summed E-state index contributed by atoms with van der Waals surface area (Å²) in [5, 5.41) is 11.7. The number of ether oxygens (including phenoxy) is 1. The van der Waals surface area contributed by atoms with Crippen LogP contribution in [0.4, 0.5) is 14.6 Å². The molecule has 1 heterocycles. The summed E-state index contributed by atoms with van der Waals surface area (Å²) in [5.41, 5.74) is 0. The predicted molar refractivity (Wildman–Crippen MR) is 66.4 cm³/mol. The van der Waals surface area contributed by atoms with Gasteiger partial charge in [0.1, 0.15) is 5.82 Å². The SMILES string of the molecule is O=C(COc1ccc(F)cc1F)Nc1ncccc1O. The molecular formula is C13H10F2N2O3. The highest BCUT2D eigenvalue weighted by atomic mass is 19.1. The summed E-state index contributed by atoms with van der Waals surface area (Å²) in [6.45, 7) is -0.501. The monoisotopic (exact) mass is 280 g/mol. The van der Waals surface area contributed by atoms with E-state index in [-0.39, 0.29) is 17.3 Å². The molecule has 2 N–H and O–H groups in total. The Morgan fingerprint density at radius 3 is 2.85 bits per heavy atom. The molecular weight excluding hydrogens is 270 g/mol. The average molecular weight is 280 g/mol. The van der Waals surface area contributed by atoms with Crippen molar-refractivity contribution in [1.29, 1.82) is 0 Å². The van der Waals surface area contributed by atoms with E-state index < -0.39 is 24.1 Å². The normalized spacial score (nSPS) is 10.1. The zero-order valence-electron chi connectivity index (χ0n) is 10.1. The third-order valence-electron chi connectivity index (χ3n) is 2.30. The molecule has 0 aliphatic carbocycles. The standard InChI is InChI=1S/C13H10F2N2O3/c14-8-3-4-11(9(15)6-8)20-7-12(19)17-13-10(18)2-1-5-16-13/h1-6,18H,7H2,(H,16,17,19). The van der Waals surface area contributed by atoms with Crippen molar-refractivity contribution < 1.29 is 23.4 Å². The van der Waals surface area contributed by atoms with Gasteiger partial charge < -0.3 is 15.2 Å². The lowest BCUT2D eigenvalue weighted by atomic mass is 10.3. The molecule has 0 aliphatic heterocycles. The quantitative estimate of drug-likeness (QED) is 0.899. The van der Waals surface area contributed by atoms with Crippen LogP contribution in [0.15, 0.2) is 36.5 Å². The van der Waals surface area contributed by atoms with Crippen LogP contribution >= 0.6 is 0 Å². The number of carbonyl (C=O) groups is 1. The lowest BCUT2D eigenvalue weighted by Gasteiger charge is -2.08. The number of carbonyl (C=O) groups excluding carboxylic acids is 1. The fraction of sp³-hybridized carbons (Fsp3) is 0.0769. The van der Waals surface area contributed by atoms with Gasteiger partial charge in [-0.05, 0) is 24.3 Å². The van der Waals surface area contributed by atoms with Gasteiger partial charge in [-0.25, -0.2) is 13.8 Å². The van der Waals surface area contributed by atoms with Gasteiger partial charge in [-0.1, -0.05) is 0 Å². The van der Waals surface area contributed by atoms with E-state index in [0.717, 1.165) is 12.1 Å². The zero-order valence-corrected chi connectivity index (χ0v) is 10.1. The van der Waals surface area contributed by atoms with Crippen LogP contribution in [0.5, 0.6) is 11.5 Å². The second kappa shape index (κ2) is 5.96. The number of hydrogen-bond acceptors (Lipinski definition) is 4. The van der Waals surface area contributed by atoms with Crippen LogP contribution in [0.3, 0.4) is 0 Å². The highest BCUT2D eigenvalue weighted by Gasteiger charge is 2.10. The van der Waals surface area contributed by atoms with Gasteiger partial charge >= 0.3 is 0 Å². The third-order valence-corrected chi connectivity index (χ3v) is 2.30. The van der Waals surface area contributed by atoms with Crippen molar-refractivity contribution >= 4 is 11.7 Å².